The van der Waals surface area contributed by atoms with Crippen LogP contribution in [0.15, 0.2) is 30.5 Å². The zero-order valence-electron chi connectivity index (χ0n) is 14.9. The van der Waals surface area contributed by atoms with Crippen LogP contribution < -0.4 is 0 Å². The molecule has 132 valence electrons. The molecule has 0 spiro atoms. The second-order valence-corrected chi connectivity index (χ2v) is 7.95. The molecule has 0 N–H and O–H groups in total. The van der Waals surface area contributed by atoms with Gasteiger partial charge in [-0.25, -0.2) is 9.97 Å². The van der Waals surface area contributed by atoms with Gasteiger partial charge in [0.25, 0.3) is 0 Å². The number of nitrogens with zero attached hydrogens (tertiary/aromatic N) is 3. The molecule has 1 aliphatic heterocycles. The molecular weight excluding hydrogens is 330 g/mol. The monoisotopic (exact) mass is 355 g/mol. The van der Waals surface area contributed by atoms with Crippen LogP contribution in [0.2, 0.25) is 5.02 Å². The molecule has 3 nitrogen and oxygen atoms in total. The first-order valence-electron chi connectivity index (χ1n) is 9.54. The van der Waals surface area contributed by atoms with E-state index in [2.05, 4.69) is 23.0 Å². The Kier molecular flexibility index (Phi) is 5.05. The topological polar surface area (TPSA) is 29.0 Å². The van der Waals surface area contributed by atoms with E-state index in [1.165, 1.54) is 57.2 Å². The molecule has 2 aromatic rings. The van der Waals surface area contributed by atoms with Gasteiger partial charge in [0.2, 0.25) is 0 Å². The van der Waals surface area contributed by atoms with Gasteiger partial charge in [0, 0.05) is 35.1 Å². The fraction of sp³-hybridized carbons (Fsp3) is 0.524. The molecule has 1 saturated carbocycles. The lowest BCUT2D eigenvalue weighted by Gasteiger charge is -2.37. The van der Waals surface area contributed by atoms with Gasteiger partial charge in [-0.05, 0) is 74.9 Å². The fourth-order valence-corrected chi connectivity index (χ4v) is 4.60. The summed E-state index contributed by atoms with van der Waals surface area (Å²) in [5.41, 5.74) is 3.48. The van der Waals surface area contributed by atoms with E-state index in [-0.39, 0.29) is 0 Å². The van der Waals surface area contributed by atoms with Crippen LogP contribution in [-0.4, -0.2) is 34.0 Å². The van der Waals surface area contributed by atoms with Crippen molar-refractivity contribution in [2.75, 3.05) is 13.1 Å². The lowest BCUT2D eigenvalue weighted by molar-refractivity contribution is 0.149. The first-order chi connectivity index (χ1) is 12.2. The van der Waals surface area contributed by atoms with Crippen molar-refractivity contribution in [1.29, 1.82) is 0 Å². The van der Waals surface area contributed by atoms with Gasteiger partial charge in [-0.1, -0.05) is 24.4 Å². The van der Waals surface area contributed by atoms with E-state index in [0.717, 1.165) is 28.1 Å². The van der Waals surface area contributed by atoms with Crippen LogP contribution >= 0.6 is 11.6 Å². The Balaban J connectivity index is 1.53. The molecule has 25 heavy (non-hydrogen) atoms. The van der Waals surface area contributed by atoms with Crippen LogP contribution in [0.3, 0.4) is 0 Å². The Hall–Kier alpha value is -1.45. The predicted octanol–water partition coefficient (Wildman–Crippen LogP) is 5.23. The van der Waals surface area contributed by atoms with Crippen molar-refractivity contribution in [3.05, 3.63) is 46.7 Å². The molecule has 1 aromatic heterocycles. The van der Waals surface area contributed by atoms with Gasteiger partial charge in [-0.15, -0.1) is 0 Å². The minimum absolute atomic E-state index is 0.577. The number of piperidine rings is 1. The summed E-state index contributed by atoms with van der Waals surface area (Å²) in [4.78, 5) is 12.2. The maximum Gasteiger partial charge on any atom is 0.159 e. The summed E-state index contributed by atoms with van der Waals surface area (Å²) in [7, 11) is 0. The summed E-state index contributed by atoms with van der Waals surface area (Å²) in [6, 6.07) is 8.57. The van der Waals surface area contributed by atoms with Crippen molar-refractivity contribution in [3.8, 4) is 11.4 Å². The van der Waals surface area contributed by atoms with E-state index in [1.807, 2.05) is 24.3 Å². The predicted molar refractivity (Wildman–Crippen MR) is 103 cm³/mol. The molecule has 4 heteroatoms. The van der Waals surface area contributed by atoms with Gasteiger partial charge < -0.3 is 0 Å². The van der Waals surface area contributed by atoms with Crippen molar-refractivity contribution >= 4 is 11.6 Å². The summed E-state index contributed by atoms with van der Waals surface area (Å²) < 4.78 is 0. The maximum atomic E-state index is 5.98. The maximum absolute atomic E-state index is 5.98. The highest BCUT2D eigenvalue weighted by Gasteiger charge is 2.29. The summed E-state index contributed by atoms with van der Waals surface area (Å²) >= 11 is 5.98. The second kappa shape index (κ2) is 7.43. The highest BCUT2D eigenvalue weighted by molar-refractivity contribution is 6.30. The summed E-state index contributed by atoms with van der Waals surface area (Å²) in [5, 5.41) is 0.742. The summed E-state index contributed by atoms with van der Waals surface area (Å²) in [5.74, 6) is 1.37. The molecular formula is C21H26ClN3. The number of aryl methyl sites for hydroxylation is 1. The van der Waals surface area contributed by atoms with E-state index in [4.69, 9.17) is 16.6 Å². The molecule has 1 atom stereocenters. The number of benzene rings is 1. The van der Waals surface area contributed by atoms with Crippen LogP contribution in [0.25, 0.3) is 11.4 Å². The third-order valence-electron chi connectivity index (χ3n) is 5.85. The minimum atomic E-state index is 0.577. The molecule has 2 aliphatic rings. The quantitative estimate of drug-likeness (QED) is 0.755. The first kappa shape index (κ1) is 17.0. The molecule has 1 aromatic carbocycles. The van der Waals surface area contributed by atoms with E-state index < -0.39 is 0 Å². The Morgan fingerprint density at radius 1 is 1.04 bits per heavy atom. The minimum Gasteiger partial charge on any atom is -0.300 e. The largest absolute Gasteiger partial charge is 0.300 e. The molecule has 0 radical (unpaired) electrons. The van der Waals surface area contributed by atoms with Gasteiger partial charge in [0.05, 0.1) is 0 Å². The fourth-order valence-electron chi connectivity index (χ4n) is 4.48. The summed E-state index contributed by atoms with van der Waals surface area (Å²) in [6.45, 7) is 4.57. The number of halogens is 1. The van der Waals surface area contributed by atoms with Crippen LogP contribution in [0.5, 0.6) is 0 Å². The third-order valence-corrected chi connectivity index (χ3v) is 6.11. The van der Waals surface area contributed by atoms with E-state index >= 15 is 0 Å². The average molecular weight is 356 g/mol. The molecule has 4 rings (SSSR count). The standard InChI is InChI=1S/C21H26ClN3/c1-15-20(13-23-21(24-15)16-8-10-18(22)11-9-16)17-5-4-12-25(14-17)19-6-2-3-7-19/h8-11,13,17,19H,2-7,12,14H2,1H3. The second-order valence-electron chi connectivity index (χ2n) is 7.51. The number of likely N-dealkylation sites (tertiary alicyclic amines) is 1. The molecule has 2 heterocycles. The smallest absolute Gasteiger partial charge is 0.159 e. The van der Waals surface area contributed by atoms with E-state index in [9.17, 15) is 0 Å². The van der Waals surface area contributed by atoms with Gasteiger partial charge in [0.15, 0.2) is 5.82 Å². The highest BCUT2D eigenvalue weighted by Crippen LogP contribution is 2.33. The molecule has 1 unspecified atom stereocenters. The number of aromatic nitrogens is 2. The zero-order valence-corrected chi connectivity index (χ0v) is 15.7. The Bertz CT molecular complexity index is 722. The molecule has 1 aliphatic carbocycles. The normalized spacial score (nSPS) is 22.4. The van der Waals surface area contributed by atoms with Crippen LogP contribution in [0, 0.1) is 6.92 Å². The van der Waals surface area contributed by atoms with Crippen molar-refractivity contribution in [3.63, 3.8) is 0 Å². The van der Waals surface area contributed by atoms with Crippen LogP contribution in [0.1, 0.15) is 55.7 Å². The van der Waals surface area contributed by atoms with Gasteiger partial charge in [0.1, 0.15) is 0 Å². The van der Waals surface area contributed by atoms with Crippen LogP contribution in [-0.2, 0) is 0 Å². The molecule has 0 amide bonds. The van der Waals surface area contributed by atoms with E-state index in [0.29, 0.717) is 5.92 Å². The highest BCUT2D eigenvalue weighted by atomic mass is 35.5. The van der Waals surface area contributed by atoms with E-state index in [1.54, 1.807) is 0 Å². The van der Waals surface area contributed by atoms with Crippen molar-refractivity contribution in [1.82, 2.24) is 14.9 Å². The lowest BCUT2D eigenvalue weighted by Crippen LogP contribution is -2.40. The number of rotatable bonds is 3. The zero-order chi connectivity index (χ0) is 17.2. The Morgan fingerprint density at radius 3 is 2.52 bits per heavy atom. The summed E-state index contributed by atoms with van der Waals surface area (Å²) in [6.07, 6.45) is 10.2. The van der Waals surface area contributed by atoms with Gasteiger partial charge in [-0.2, -0.15) is 0 Å². The lowest BCUT2D eigenvalue weighted by atomic mass is 9.89. The number of hydrogen-bond acceptors (Lipinski definition) is 3. The molecule has 1 saturated heterocycles. The van der Waals surface area contributed by atoms with Crippen molar-refractivity contribution < 1.29 is 0 Å². The molecule has 0 bridgehead atoms. The van der Waals surface area contributed by atoms with Gasteiger partial charge >= 0.3 is 0 Å². The third kappa shape index (κ3) is 3.73. The first-order valence-corrected chi connectivity index (χ1v) is 9.92. The molecule has 2 fully saturated rings. The van der Waals surface area contributed by atoms with Crippen molar-refractivity contribution in [2.24, 2.45) is 0 Å². The Labute approximate surface area is 155 Å². The van der Waals surface area contributed by atoms with Gasteiger partial charge in [-0.3, -0.25) is 4.90 Å². The average Bonchev–Trinajstić information content (AvgIpc) is 3.17. The Morgan fingerprint density at radius 2 is 1.80 bits per heavy atom. The number of hydrogen-bond donors (Lipinski definition) is 0. The van der Waals surface area contributed by atoms with Crippen LogP contribution in [0.4, 0.5) is 0 Å². The SMILES string of the molecule is Cc1nc(-c2ccc(Cl)cc2)ncc1C1CCCN(C2CCCC2)C1. The van der Waals surface area contributed by atoms with Crippen molar-refractivity contribution in [2.45, 2.75) is 57.4 Å².